The third kappa shape index (κ3) is 2.74. The largest absolute Gasteiger partial charge is 0.293 e. The monoisotopic (exact) mass is 260 g/mol. The Balaban J connectivity index is 2.93. The summed E-state index contributed by atoms with van der Waals surface area (Å²) in [7, 11) is -0.975. The first kappa shape index (κ1) is 10.6. The summed E-state index contributed by atoms with van der Waals surface area (Å²) < 4.78 is 11.0. The van der Waals surface area contributed by atoms with Gasteiger partial charge in [0.1, 0.15) is 0 Å². The highest BCUT2D eigenvalue weighted by Crippen LogP contribution is 2.08. The van der Waals surface area contributed by atoms with E-state index in [0.29, 0.717) is 10.9 Å². The molecule has 0 amide bonds. The fraction of sp³-hybridized carbons (Fsp3) is 0.222. The van der Waals surface area contributed by atoms with E-state index in [4.69, 9.17) is 0 Å². The van der Waals surface area contributed by atoms with Crippen molar-refractivity contribution >= 4 is 32.5 Å². The van der Waals surface area contributed by atoms with Gasteiger partial charge in [-0.2, -0.15) is 0 Å². The first-order valence-electron chi connectivity index (χ1n) is 3.68. The van der Waals surface area contributed by atoms with Gasteiger partial charge in [-0.15, -0.1) is 0 Å². The van der Waals surface area contributed by atoms with Gasteiger partial charge < -0.3 is 0 Å². The minimum absolute atomic E-state index is 0.0356. The van der Waals surface area contributed by atoms with Gasteiger partial charge in [0.25, 0.3) is 0 Å². The fourth-order valence-corrected chi connectivity index (χ4v) is 1.75. The van der Waals surface area contributed by atoms with Crippen LogP contribution in [0, 0.1) is 0 Å². The smallest absolute Gasteiger partial charge is 0.173 e. The van der Waals surface area contributed by atoms with Crippen LogP contribution in [0.1, 0.15) is 10.4 Å². The molecule has 70 valence electrons. The summed E-state index contributed by atoms with van der Waals surface area (Å²) in [6.45, 7) is 0. The van der Waals surface area contributed by atoms with E-state index in [2.05, 4.69) is 15.9 Å². The Kier molecular flexibility index (Phi) is 3.81. The summed E-state index contributed by atoms with van der Waals surface area (Å²) in [6.07, 6.45) is 1.61. The van der Waals surface area contributed by atoms with E-state index in [1.54, 1.807) is 30.5 Å². The van der Waals surface area contributed by atoms with E-state index < -0.39 is 10.8 Å². The van der Waals surface area contributed by atoms with Crippen LogP contribution in [0.4, 0.5) is 0 Å². The maximum Gasteiger partial charge on any atom is 0.173 e. The van der Waals surface area contributed by atoms with Crippen LogP contribution in [0.25, 0.3) is 0 Å². The van der Waals surface area contributed by atoms with E-state index in [9.17, 15) is 9.00 Å². The molecule has 1 rings (SSSR count). The maximum atomic E-state index is 11.2. The second-order valence-electron chi connectivity index (χ2n) is 2.54. The molecular weight excluding hydrogens is 252 g/mol. The SMILES string of the molecule is C[S@](=O)c1ccc(C(=O)CBr)cc1. The van der Waals surface area contributed by atoms with Crippen LogP contribution in [0.15, 0.2) is 29.2 Å². The van der Waals surface area contributed by atoms with Gasteiger partial charge in [0.2, 0.25) is 0 Å². The molecule has 0 spiro atoms. The molecular formula is C9H9BrO2S. The van der Waals surface area contributed by atoms with Crippen LogP contribution in [0.2, 0.25) is 0 Å². The highest BCUT2D eigenvalue weighted by molar-refractivity contribution is 9.09. The van der Waals surface area contributed by atoms with E-state index in [-0.39, 0.29) is 5.78 Å². The van der Waals surface area contributed by atoms with Crippen LogP contribution in [-0.4, -0.2) is 21.6 Å². The molecule has 2 nitrogen and oxygen atoms in total. The second-order valence-corrected chi connectivity index (χ2v) is 4.48. The Morgan fingerprint density at radius 3 is 2.31 bits per heavy atom. The lowest BCUT2D eigenvalue weighted by Gasteiger charge is -1.98. The van der Waals surface area contributed by atoms with Gasteiger partial charge in [-0.1, -0.05) is 28.1 Å². The summed E-state index contributed by atoms with van der Waals surface area (Å²) in [4.78, 5) is 11.9. The van der Waals surface area contributed by atoms with Gasteiger partial charge in [-0.25, -0.2) is 0 Å². The predicted octanol–water partition coefficient (Wildman–Crippen LogP) is 2.00. The van der Waals surface area contributed by atoms with Gasteiger partial charge in [0, 0.05) is 27.5 Å². The van der Waals surface area contributed by atoms with E-state index in [0.717, 1.165) is 4.90 Å². The number of hydrogen-bond acceptors (Lipinski definition) is 2. The molecule has 0 fully saturated rings. The van der Waals surface area contributed by atoms with Crippen LogP contribution >= 0.6 is 15.9 Å². The zero-order valence-corrected chi connectivity index (χ0v) is 9.52. The molecule has 0 aromatic heterocycles. The molecule has 0 radical (unpaired) electrons. The number of ketones is 1. The van der Waals surface area contributed by atoms with Crippen molar-refractivity contribution in [2.75, 3.05) is 11.6 Å². The molecule has 1 aromatic rings. The van der Waals surface area contributed by atoms with Gasteiger partial charge >= 0.3 is 0 Å². The topological polar surface area (TPSA) is 34.1 Å². The normalized spacial score (nSPS) is 12.5. The Morgan fingerprint density at radius 1 is 1.38 bits per heavy atom. The first-order valence-corrected chi connectivity index (χ1v) is 6.35. The third-order valence-electron chi connectivity index (χ3n) is 1.63. The number of halogens is 1. The number of Topliss-reactive ketones (excluding diaryl/α,β-unsaturated/α-hetero) is 1. The molecule has 0 heterocycles. The van der Waals surface area contributed by atoms with Crippen molar-refractivity contribution in [3.05, 3.63) is 29.8 Å². The molecule has 4 heteroatoms. The molecule has 1 atom stereocenters. The zero-order valence-electron chi connectivity index (χ0n) is 7.12. The van der Waals surface area contributed by atoms with E-state index in [1.165, 1.54) is 0 Å². The van der Waals surface area contributed by atoms with Crippen LogP contribution in [0.3, 0.4) is 0 Å². The Hall–Kier alpha value is -0.480. The first-order chi connectivity index (χ1) is 6.15. The molecule has 13 heavy (non-hydrogen) atoms. The summed E-state index contributed by atoms with van der Waals surface area (Å²) in [5.74, 6) is 0.0356. The lowest BCUT2D eigenvalue weighted by molar-refractivity contribution is 0.102. The van der Waals surface area contributed by atoms with E-state index >= 15 is 0 Å². The summed E-state index contributed by atoms with van der Waals surface area (Å²) >= 11 is 3.09. The molecule has 1 aromatic carbocycles. The zero-order chi connectivity index (χ0) is 9.84. The van der Waals surface area contributed by atoms with Crippen molar-refractivity contribution in [1.29, 1.82) is 0 Å². The molecule has 0 aliphatic carbocycles. The molecule has 0 saturated carbocycles. The number of carbonyl (C=O) groups excluding carboxylic acids is 1. The Morgan fingerprint density at radius 2 is 1.92 bits per heavy atom. The van der Waals surface area contributed by atoms with Crippen molar-refractivity contribution in [2.45, 2.75) is 4.90 Å². The molecule has 0 aliphatic rings. The summed E-state index contributed by atoms with van der Waals surface area (Å²) in [5.41, 5.74) is 0.645. The van der Waals surface area contributed by atoms with Gasteiger partial charge in [0.05, 0.1) is 5.33 Å². The molecule has 0 bridgehead atoms. The van der Waals surface area contributed by atoms with Crippen molar-refractivity contribution in [3.8, 4) is 0 Å². The van der Waals surface area contributed by atoms with Gasteiger partial charge in [0.15, 0.2) is 5.78 Å². The molecule has 0 unspecified atom stereocenters. The molecule has 0 N–H and O–H groups in total. The highest BCUT2D eigenvalue weighted by atomic mass is 79.9. The molecule has 0 saturated heterocycles. The van der Waals surface area contributed by atoms with Crippen molar-refractivity contribution in [2.24, 2.45) is 0 Å². The lowest BCUT2D eigenvalue weighted by Crippen LogP contribution is -1.99. The predicted molar refractivity (Wildman–Crippen MR) is 56.9 cm³/mol. The Labute approximate surface area is 87.9 Å². The average molecular weight is 261 g/mol. The van der Waals surface area contributed by atoms with Crippen molar-refractivity contribution in [1.82, 2.24) is 0 Å². The van der Waals surface area contributed by atoms with Crippen LogP contribution < -0.4 is 0 Å². The Bertz CT molecular complexity index is 332. The van der Waals surface area contributed by atoms with Crippen LogP contribution in [0.5, 0.6) is 0 Å². The second kappa shape index (κ2) is 4.67. The number of alkyl halides is 1. The van der Waals surface area contributed by atoms with Crippen molar-refractivity contribution in [3.63, 3.8) is 0 Å². The number of rotatable bonds is 3. The average Bonchev–Trinajstić information content (AvgIpc) is 2.17. The van der Waals surface area contributed by atoms with E-state index in [1.807, 2.05) is 0 Å². The lowest BCUT2D eigenvalue weighted by atomic mass is 10.2. The molecule has 0 aliphatic heterocycles. The van der Waals surface area contributed by atoms with Gasteiger partial charge in [-0.3, -0.25) is 9.00 Å². The third-order valence-corrected chi connectivity index (χ3v) is 3.07. The summed E-state index contributed by atoms with van der Waals surface area (Å²) in [6, 6.07) is 6.82. The number of hydrogen-bond donors (Lipinski definition) is 0. The van der Waals surface area contributed by atoms with Crippen LogP contribution in [-0.2, 0) is 10.8 Å². The summed E-state index contributed by atoms with van der Waals surface area (Å²) in [5, 5.41) is 0.321. The fourth-order valence-electron chi connectivity index (χ4n) is 0.910. The van der Waals surface area contributed by atoms with Gasteiger partial charge in [-0.05, 0) is 12.1 Å². The number of benzene rings is 1. The number of carbonyl (C=O) groups is 1. The highest BCUT2D eigenvalue weighted by Gasteiger charge is 2.03. The minimum Gasteiger partial charge on any atom is -0.293 e. The van der Waals surface area contributed by atoms with Crippen molar-refractivity contribution < 1.29 is 9.00 Å². The maximum absolute atomic E-state index is 11.2. The standard InChI is InChI=1S/C9H9BrO2S/c1-13(12)8-4-2-7(3-5-8)9(11)6-10/h2-5H,6H2,1H3/t13-/m0/s1. The minimum atomic E-state index is -0.975. The quantitative estimate of drug-likeness (QED) is 0.616.